The molecular weight excluding hydrogens is 292 g/mol. The summed E-state index contributed by atoms with van der Waals surface area (Å²) in [5.74, 6) is 0.959. The lowest BCUT2D eigenvalue weighted by Gasteiger charge is -2.33. The van der Waals surface area contributed by atoms with Crippen LogP contribution in [0.5, 0.6) is 0 Å². The number of aryl methyl sites for hydroxylation is 1. The van der Waals surface area contributed by atoms with E-state index in [1.54, 1.807) is 17.1 Å². The molecule has 0 radical (unpaired) electrons. The van der Waals surface area contributed by atoms with Crippen LogP contribution in [-0.2, 0) is 0 Å². The monoisotopic (exact) mass is 310 g/mol. The first-order chi connectivity index (χ1) is 11.2. The van der Waals surface area contributed by atoms with Gasteiger partial charge in [0.1, 0.15) is 12.1 Å². The van der Waals surface area contributed by atoms with Gasteiger partial charge >= 0.3 is 5.69 Å². The van der Waals surface area contributed by atoms with Crippen molar-refractivity contribution in [2.24, 2.45) is 0 Å². The van der Waals surface area contributed by atoms with E-state index in [4.69, 9.17) is 0 Å². The number of aromatic amines is 1. The number of hydrogen-bond acceptors (Lipinski definition) is 5. The number of rotatable bonds is 2. The Morgan fingerprint density at radius 3 is 2.83 bits per heavy atom. The van der Waals surface area contributed by atoms with Crippen LogP contribution in [0.3, 0.4) is 0 Å². The molecule has 0 bridgehead atoms. The fourth-order valence-electron chi connectivity index (χ4n) is 3.26. The number of pyridine rings is 1. The number of hydrogen-bond donors (Lipinski definition) is 1. The van der Waals surface area contributed by atoms with Gasteiger partial charge < -0.3 is 9.88 Å². The zero-order chi connectivity index (χ0) is 15.8. The SMILES string of the molecule is Cc1cc(N2CCC(n3c(=O)[nH]c4cccnc43)CC2)ncn1. The van der Waals surface area contributed by atoms with Gasteiger partial charge in [-0.25, -0.2) is 19.7 Å². The summed E-state index contributed by atoms with van der Waals surface area (Å²) in [4.78, 5) is 30.3. The maximum atomic E-state index is 12.3. The van der Waals surface area contributed by atoms with E-state index >= 15 is 0 Å². The van der Waals surface area contributed by atoms with Crippen molar-refractivity contribution in [3.05, 3.63) is 46.9 Å². The second-order valence-corrected chi connectivity index (χ2v) is 5.91. The van der Waals surface area contributed by atoms with Gasteiger partial charge in [0.05, 0.1) is 5.52 Å². The third kappa shape index (κ3) is 2.48. The summed E-state index contributed by atoms with van der Waals surface area (Å²) in [7, 11) is 0. The number of nitrogens with zero attached hydrogens (tertiary/aromatic N) is 5. The maximum Gasteiger partial charge on any atom is 0.327 e. The zero-order valence-electron chi connectivity index (χ0n) is 12.9. The highest BCUT2D eigenvalue weighted by Gasteiger charge is 2.24. The Labute approximate surface area is 133 Å². The van der Waals surface area contributed by atoms with Crippen LogP contribution in [0.1, 0.15) is 24.6 Å². The molecule has 1 aliphatic rings. The summed E-state index contributed by atoms with van der Waals surface area (Å²) in [6.45, 7) is 3.70. The Morgan fingerprint density at radius 2 is 2.04 bits per heavy atom. The molecule has 0 saturated carbocycles. The van der Waals surface area contributed by atoms with Crippen molar-refractivity contribution in [2.75, 3.05) is 18.0 Å². The standard InChI is InChI=1S/C16H18N6O/c1-11-9-14(19-10-18-11)21-7-4-12(5-8-21)22-15-13(20-16(22)23)3-2-6-17-15/h2-3,6,9-10,12H,4-5,7-8H2,1H3,(H,20,23). The molecule has 1 fully saturated rings. The summed E-state index contributed by atoms with van der Waals surface area (Å²) in [6.07, 6.45) is 5.12. The van der Waals surface area contributed by atoms with Crippen LogP contribution >= 0.6 is 0 Å². The second-order valence-electron chi connectivity index (χ2n) is 5.91. The lowest BCUT2D eigenvalue weighted by Crippen LogP contribution is -2.37. The van der Waals surface area contributed by atoms with E-state index in [0.29, 0.717) is 0 Å². The molecule has 3 aromatic heterocycles. The molecule has 0 spiro atoms. The Balaban J connectivity index is 1.57. The van der Waals surface area contributed by atoms with Crippen LogP contribution in [0.25, 0.3) is 11.2 Å². The number of piperidine rings is 1. The highest BCUT2D eigenvalue weighted by molar-refractivity contribution is 5.70. The molecule has 4 rings (SSSR count). The van der Waals surface area contributed by atoms with E-state index in [2.05, 4.69) is 24.8 Å². The lowest BCUT2D eigenvalue weighted by atomic mass is 10.0. The molecule has 0 unspecified atom stereocenters. The Morgan fingerprint density at radius 1 is 1.22 bits per heavy atom. The molecular formula is C16H18N6O. The van der Waals surface area contributed by atoms with Crippen LogP contribution in [-0.4, -0.2) is 37.6 Å². The number of fused-ring (bicyclic) bond motifs is 1. The minimum Gasteiger partial charge on any atom is -0.356 e. The van der Waals surface area contributed by atoms with Crippen molar-refractivity contribution in [3.8, 4) is 0 Å². The van der Waals surface area contributed by atoms with Gasteiger partial charge in [0.15, 0.2) is 5.65 Å². The maximum absolute atomic E-state index is 12.3. The molecule has 1 aliphatic heterocycles. The molecule has 1 N–H and O–H groups in total. The molecule has 7 nitrogen and oxygen atoms in total. The molecule has 0 amide bonds. The smallest absolute Gasteiger partial charge is 0.327 e. The van der Waals surface area contributed by atoms with E-state index in [9.17, 15) is 4.79 Å². The van der Waals surface area contributed by atoms with Crippen molar-refractivity contribution in [3.63, 3.8) is 0 Å². The van der Waals surface area contributed by atoms with Gasteiger partial charge in [-0.05, 0) is 31.9 Å². The molecule has 3 aromatic rings. The van der Waals surface area contributed by atoms with Crippen LogP contribution in [0.15, 0.2) is 35.5 Å². The summed E-state index contributed by atoms with van der Waals surface area (Å²) in [5.41, 5.74) is 2.43. The summed E-state index contributed by atoms with van der Waals surface area (Å²) < 4.78 is 1.80. The third-order valence-corrected chi connectivity index (χ3v) is 4.42. The third-order valence-electron chi connectivity index (χ3n) is 4.42. The summed E-state index contributed by atoms with van der Waals surface area (Å²) >= 11 is 0. The number of imidazole rings is 1. The molecule has 118 valence electrons. The molecule has 0 aromatic carbocycles. The van der Waals surface area contributed by atoms with Crippen LogP contribution in [0, 0.1) is 6.92 Å². The average molecular weight is 310 g/mol. The Bertz CT molecular complexity index is 891. The predicted molar refractivity (Wildman–Crippen MR) is 87.6 cm³/mol. The molecule has 23 heavy (non-hydrogen) atoms. The topological polar surface area (TPSA) is 79.7 Å². The quantitative estimate of drug-likeness (QED) is 0.779. The van der Waals surface area contributed by atoms with Gasteiger partial charge in [0.2, 0.25) is 0 Å². The van der Waals surface area contributed by atoms with Gasteiger partial charge in [-0.15, -0.1) is 0 Å². The van der Waals surface area contributed by atoms with Gasteiger partial charge in [-0.1, -0.05) is 0 Å². The van der Waals surface area contributed by atoms with E-state index in [1.165, 1.54) is 0 Å². The minimum atomic E-state index is -0.0740. The first kappa shape index (κ1) is 13.9. The van der Waals surface area contributed by atoms with Gasteiger partial charge in [0.25, 0.3) is 0 Å². The normalized spacial score (nSPS) is 16.1. The average Bonchev–Trinajstić information content (AvgIpc) is 2.91. The van der Waals surface area contributed by atoms with Crippen molar-refractivity contribution in [1.82, 2.24) is 24.5 Å². The largest absolute Gasteiger partial charge is 0.356 e. The molecule has 7 heteroatoms. The number of anilines is 1. The van der Waals surface area contributed by atoms with Gasteiger partial charge in [-0.2, -0.15) is 0 Å². The lowest BCUT2D eigenvalue weighted by molar-refractivity contribution is 0.393. The van der Waals surface area contributed by atoms with Crippen molar-refractivity contribution < 1.29 is 0 Å². The number of nitrogens with one attached hydrogen (secondary N) is 1. The van der Waals surface area contributed by atoms with Gasteiger partial charge in [-0.3, -0.25) is 4.57 Å². The first-order valence-electron chi connectivity index (χ1n) is 7.81. The first-order valence-corrected chi connectivity index (χ1v) is 7.81. The van der Waals surface area contributed by atoms with Crippen LogP contribution in [0.2, 0.25) is 0 Å². The highest BCUT2D eigenvalue weighted by Crippen LogP contribution is 2.26. The van der Waals surface area contributed by atoms with Crippen molar-refractivity contribution in [2.45, 2.75) is 25.8 Å². The van der Waals surface area contributed by atoms with E-state index in [-0.39, 0.29) is 11.7 Å². The van der Waals surface area contributed by atoms with E-state index < -0.39 is 0 Å². The van der Waals surface area contributed by atoms with Crippen molar-refractivity contribution >= 4 is 17.0 Å². The molecule has 1 saturated heterocycles. The van der Waals surface area contributed by atoms with Crippen LogP contribution < -0.4 is 10.6 Å². The van der Waals surface area contributed by atoms with Crippen LogP contribution in [0.4, 0.5) is 5.82 Å². The molecule has 0 aliphatic carbocycles. The summed E-state index contributed by atoms with van der Waals surface area (Å²) in [5, 5.41) is 0. The Hall–Kier alpha value is -2.70. The fraction of sp³-hybridized carbons (Fsp3) is 0.375. The molecule has 4 heterocycles. The van der Waals surface area contributed by atoms with E-state index in [0.717, 1.165) is 48.6 Å². The Kier molecular flexibility index (Phi) is 3.33. The fourth-order valence-corrected chi connectivity index (χ4v) is 3.26. The summed E-state index contributed by atoms with van der Waals surface area (Å²) in [6, 6.07) is 5.90. The van der Waals surface area contributed by atoms with Crippen molar-refractivity contribution in [1.29, 1.82) is 0 Å². The van der Waals surface area contributed by atoms with E-state index in [1.807, 2.05) is 25.1 Å². The second kappa shape index (κ2) is 5.49. The highest BCUT2D eigenvalue weighted by atomic mass is 16.1. The van der Waals surface area contributed by atoms with Gasteiger partial charge in [0, 0.05) is 37.1 Å². The zero-order valence-corrected chi connectivity index (χ0v) is 12.9. The number of aromatic nitrogens is 5. The molecule has 0 atom stereocenters. The minimum absolute atomic E-state index is 0.0740. The number of H-pyrrole nitrogens is 1. The predicted octanol–water partition coefficient (Wildman–Crippen LogP) is 1.66.